The van der Waals surface area contributed by atoms with Gasteiger partial charge in [0.25, 0.3) is 0 Å². The van der Waals surface area contributed by atoms with E-state index in [1.807, 2.05) is 125 Å². The van der Waals surface area contributed by atoms with Crippen molar-refractivity contribution in [2.75, 3.05) is 13.1 Å². The van der Waals surface area contributed by atoms with Gasteiger partial charge >= 0.3 is 0 Å². The molecule has 0 saturated carbocycles. The van der Waals surface area contributed by atoms with Crippen molar-refractivity contribution in [2.45, 2.75) is 24.9 Å². The van der Waals surface area contributed by atoms with E-state index in [2.05, 4.69) is 49.0 Å². The molecule has 2 amide bonds. The summed E-state index contributed by atoms with van der Waals surface area (Å²) in [7, 11) is 0. The molecule has 6 nitrogen and oxygen atoms in total. The molecule has 2 heterocycles. The number of carbonyl (C=O) groups is 2. The van der Waals surface area contributed by atoms with Crippen LogP contribution >= 0.6 is 0 Å². The van der Waals surface area contributed by atoms with Crippen LogP contribution in [0, 0.1) is 0 Å². The summed E-state index contributed by atoms with van der Waals surface area (Å²) in [5.41, 5.74) is 7.74. The van der Waals surface area contributed by atoms with Gasteiger partial charge in [0.15, 0.2) is 0 Å². The molecule has 0 radical (unpaired) electrons. The van der Waals surface area contributed by atoms with Gasteiger partial charge < -0.3 is 19.3 Å². The van der Waals surface area contributed by atoms with E-state index in [-0.39, 0.29) is 23.7 Å². The van der Waals surface area contributed by atoms with E-state index in [0.29, 0.717) is 31.9 Å². The number of fused-ring (bicyclic) bond motifs is 2. The highest BCUT2D eigenvalue weighted by molar-refractivity contribution is 5.92. The van der Waals surface area contributed by atoms with Crippen molar-refractivity contribution in [1.29, 1.82) is 0 Å². The number of benzene rings is 6. The van der Waals surface area contributed by atoms with E-state index in [9.17, 15) is 9.59 Å². The first-order valence-electron chi connectivity index (χ1n) is 18.3. The Balaban J connectivity index is 0.961. The Morgan fingerprint density at radius 2 is 0.981 bits per heavy atom. The van der Waals surface area contributed by atoms with Gasteiger partial charge in [-0.15, -0.1) is 0 Å². The fraction of sp³-hybridized carbons (Fsp3) is 0.125. The highest BCUT2D eigenvalue weighted by Crippen LogP contribution is 2.38. The molecule has 8 rings (SSSR count). The van der Waals surface area contributed by atoms with Gasteiger partial charge in [0, 0.05) is 44.1 Å². The number of para-hydroxylation sites is 1. The average molecular weight is 709 g/mol. The zero-order chi connectivity index (χ0) is 36.9. The number of nitrogens with zero attached hydrogens (tertiary/aromatic N) is 2. The second kappa shape index (κ2) is 15.5. The van der Waals surface area contributed by atoms with Gasteiger partial charge in [-0.25, -0.2) is 0 Å². The first kappa shape index (κ1) is 34.4. The SMILES string of the molecule is C=CC(=O)N1Cc2ccc(Oc3ccc(/C=C/C(=O)N4Cc5ccc(Oc6ccccc6)cc5[C@@H](c5ccccc5)C4)cc3)cc2[C@H](c2ccccc2)C1. The lowest BCUT2D eigenvalue weighted by Crippen LogP contribution is -2.37. The van der Waals surface area contributed by atoms with Gasteiger partial charge in [0.2, 0.25) is 11.8 Å². The van der Waals surface area contributed by atoms with Gasteiger partial charge in [-0.3, -0.25) is 9.59 Å². The van der Waals surface area contributed by atoms with Gasteiger partial charge in [0.05, 0.1) is 0 Å². The van der Waals surface area contributed by atoms with Crippen molar-refractivity contribution in [3.63, 3.8) is 0 Å². The van der Waals surface area contributed by atoms with E-state index in [4.69, 9.17) is 9.47 Å². The minimum atomic E-state index is -0.0702. The van der Waals surface area contributed by atoms with Crippen LogP contribution in [-0.4, -0.2) is 34.7 Å². The molecule has 0 spiro atoms. The predicted molar refractivity (Wildman–Crippen MR) is 213 cm³/mol. The maximum absolute atomic E-state index is 13.7. The standard InChI is InChI=1S/C48H40N2O4/c1-2-47(51)49-30-37-21-26-42(29-43(37)45(32-49)35-12-6-3-7-13-35)54-40-23-18-34(19-24-40)20-27-48(52)50-31-38-22-25-41(53-39-16-10-5-11-17-39)28-44(38)46(33-50)36-14-8-4-9-15-36/h2-29,45-46H,1,30-33H2/b27-20+/t45-,46+/m0/s1. The Bertz CT molecular complexity index is 2300. The van der Waals surface area contributed by atoms with E-state index in [1.165, 1.54) is 11.6 Å². The summed E-state index contributed by atoms with van der Waals surface area (Å²) in [5, 5.41) is 0. The van der Waals surface area contributed by atoms with E-state index in [0.717, 1.165) is 50.6 Å². The largest absolute Gasteiger partial charge is 0.457 e. The Labute approximate surface area is 316 Å². The Kier molecular flexibility index (Phi) is 9.90. The first-order valence-corrected chi connectivity index (χ1v) is 18.3. The number of hydrogen-bond donors (Lipinski definition) is 0. The molecule has 0 bridgehead atoms. The Hall–Kier alpha value is -6.66. The molecule has 0 saturated heterocycles. The number of rotatable bonds is 9. The fourth-order valence-electron chi connectivity index (χ4n) is 7.47. The Morgan fingerprint density at radius 3 is 1.48 bits per heavy atom. The second-order valence-electron chi connectivity index (χ2n) is 13.7. The third-order valence-corrected chi connectivity index (χ3v) is 10.2. The van der Waals surface area contributed by atoms with Crippen LogP contribution in [0.1, 0.15) is 50.8 Å². The Morgan fingerprint density at radius 1 is 0.537 bits per heavy atom. The van der Waals surface area contributed by atoms with Crippen LogP contribution in [0.2, 0.25) is 0 Å². The lowest BCUT2D eigenvalue weighted by molar-refractivity contribution is -0.127. The third-order valence-electron chi connectivity index (χ3n) is 10.2. The molecular formula is C48H40N2O4. The minimum Gasteiger partial charge on any atom is -0.457 e. The lowest BCUT2D eigenvalue weighted by Gasteiger charge is -2.35. The number of ether oxygens (including phenoxy) is 2. The summed E-state index contributed by atoms with van der Waals surface area (Å²) in [6.45, 7) is 5.89. The van der Waals surface area contributed by atoms with Crippen LogP contribution in [0.3, 0.4) is 0 Å². The van der Waals surface area contributed by atoms with Crippen molar-refractivity contribution < 1.29 is 19.1 Å². The molecule has 0 N–H and O–H groups in total. The summed E-state index contributed by atoms with van der Waals surface area (Å²) in [5.74, 6) is 2.93. The molecule has 6 aromatic rings. The predicted octanol–water partition coefficient (Wildman–Crippen LogP) is 10.1. The van der Waals surface area contributed by atoms with Crippen LogP contribution in [0.15, 0.2) is 170 Å². The van der Waals surface area contributed by atoms with Crippen molar-refractivity contribution in [3.05, 3.63) is 209 Å². The summed E-state index contributed by atoms with van der Waals surface area (Å²) in [6.07, 6.45) is 4.89. The quantitative estimate of drug-likeness (QED) is 0.140. The van der Waals surface area contributed by atoms with Crippen LogP contribution in [-0.2, 0) is 22.7 Å². The molecule has 0 aromatic heterocycles. The van der Waals surface area contributed by atoms with Crippen LogP contribution in [0.5, 0.6) is 23.0 Å². The second-order valence-corrected chi connectivity index (χ2v) is 13.7. The molecule has 0 fully saturated rings. The molecule has 2 atom stereocenters. The highest BCUT2D eigenvalue weighted by atomic mass is 16.5. The van der Waals surface area contributed by atoms with Gasteiger partial charge in [-0.2, -0.15) is 0 Å². The normalized spacial score (nSPS) is 16.3. The lowest BCUT2D eigenvalue weighted by atomic mass is 9.84. The average Bonchev–Trinajstić information content (AvgIpc) is 3.23. The van der Waals surface area contributed by atoms with Gasteiger partial charge in [0.1, 0.15) is 23.0 Å². The number of carbonyl (C=O) groups excluding carboxylic acids is 2. The van der Waals surface area contributed by atoms with Crippen molar-refractivity contribution in [1.82, 2.24) is 9.80 Å². The molecule has 2 aliphatic heterocycles. The van der Waals surface area contributed by atoms with Gasteiger partial charge in [-0.1, -0.05) is 110 Å². The summed E-state index contributed by atoms with van der Waals surface area (Å²) in [4.78, 5) is 30.0. The molecule has 0 aliphatic carbocycles. The first-order chi connectivity index (χ1) is 26.5. The molecule has 2 aliphatic rings. The third kappa shape index (κ3) is 7.59. The van der Waals surface area contributed by atoms with Crippen LogP contribution in [0.25, 0.3) is 6.08 Å². The van der Waals surface area contributed by atoms with Crippen molar-refractivity contribution in [3.8, 4) is 23.0 Å². The van der Waals surface area contributed by atoms with Gasteiger partial charge in [-0.05, 0) is 99.6 Å². The molecule has 6 aromatic carbocycles. The molecule has 54 heavy (non-hydrogen) atoms. The zero-order valence-corrected chi connectivity index (χ0v) is 29.9. The maximum atomic E-state index is 13.7. The highest BCUT2D eigenvalue weighted by Gasteiger charge is 2.30. The van der Waals surface area contributed by atoms with Crippen LogP contribution < -0.4 is 9.47 Å². The van der Waals surface area contributed by atoms with Crippen molar-refractivity contribution in [2.24, 2.45) is 0 Å². The van der Waals surface area contributed by atoms with Crippen molar-refractivity contribution >= 4 is 17.9 Å². The number of amides is 2. The number of hydrogen-bond acceptors (Lipinski definition) is 4. The smallest absolute Gasteiger partial charge is 0.246 e. The zero-order valence-electron chi connectivity index (χ0n) is 29.9. The summed E-state index contributed by atoms with van der Waals surface area (Å²) in [6, 6.07) is 50.4. The molecule has 6 heteroatoms. The summed E-state index contributed by atoms with van der Waals surface area (Å²) < 4.78 is 12.5. The minimum absolute atomic E-state index is 0.0168. The van der Waals surface area contributed by atoms with E-state index < -0.39 is 0 Å². The molecular weight excluding hydrogens is 669 g/mol. The molecule has 266 valence electrons. The fourth-order valence-corrected chi connectivity index (χ4v) is 7.47. The topological polar surface area (TPSA) is 59.1 Å². The van der Waals surface area contributed by atoms with Crippen LogP contribution in [0.4, 0.5) is 0 Å². The van der Waals surface area contributed by atoms with E-state index in [1.54, 1.807) is 6.08 Å². The van der Waals surface area contributed by atoms with E-state index >= 15 is 0 Å². The summed E-state index contributed by atoms with van der Waals surface area (Å²) >= 11 is 0. The maximum Gasteiger partial charge on any atom is 0.246 e. The molecule has 0 unspecified atom stereocenters. The monoisotopic (exact) mass is 708 g/mol.